The molecule has 188 valence electrons. The van der Waals surface area contributed by atoms with Gasteiger partial charge in [-0.1, -0.05) is 54.9 Å². The lowest BCUT2D eigenvalue weighted by atomic mass is 10.0. The molecule has 0 spiro atoms. The first-order chi connectivity index (χ1) is 17.8. The van der Waals surface area contributed by atoms with Crippen molar-refractivity contribution < 1.29 is 14.5 Å². The number of nitro groups is 1. The summed E-state index contributed by atoms with van der Waals surface area (Å²) >= 11 is 5.99. The number of benzene rings is 3. The lowest BCUT2D eigenvalue weighted by molar-refractivity contribution is -0.384. The summed E-state index contributed by atoms with van der Waals surface area (Å²) in [5, 5.41) is 14.7. The minimum Gasteiger partial charge on any atom is -0.331 e. The number of hydrogen-bond donors (Lipinski definition) is 1. The van der Waals surface area contributed by atoms with Gasteiger partial charge in [-0.2, -0.15) is 0 Å². The van der Waals surface area contributed by atoms with Crippen LogP contribution in [0.5, 0.6) is 0 Å². The third-order valence-corrected chi connectivity index (χ3v) is 5.99. The van der Waals surface area contributed by atoms with Gasteiger partial charge in [-0.05, 0) is 36.8 Å². The Morgan fingerprint density at radius 1 is 1.03 bits per heavy atom. The van der Waals surface area contributed by atoms with Crippen LogP contribution in [0.15, 0.2) is 83.7 Å². The predicted molar refractivity (Wildman–Crippen MR) is 140 cm³/mol. The summed E-state index contributed by atoms with van der Waals surface area (Å²) in [6, 6.07) is 20.8. The first-order valence-corrected chi connectivity index (χ1v) is 11.9. The maximum absolute atomic E-state index is 13.6. The van der Waals surface area contributed by atoms with Gasteiger partial charge >= 0.3 is 0 Å². The van der Waals surface area contributed by atoms with Gasteiger partial charge in [-0.3, -0.25) is 29.6 Å². The highest BCUT2D eigenvalue weighted by Gasteiger charge is 2.27. The van der Waals surface area contributed by atoms with Crippen molar-refractivity contribution in [3.63, 3.8) is 0 Å². The molecule has 0 saturated carbocycles. The minimum atomic E-state index is -0.586. The zero-order valence-electron chi connectivity index (χ0n) is 19.9. The Bertz CT molecular complexity index is 1510. The van der Waals surface area contributed by atoms with Crippen LogP contribution < -0.4 is 5.56 Å². The number of hydrogen-bond acceptors (Lipinski definition) is 5. The van der Waals surface area contributed by atoms with E-state index < -0.39 is 22.2 Å². The highest BCUT2D eigenvalue weighted by molar-refractivity contribution is 6.30. The van der Waals surface area contributed by atoms with Crippen LogP contribution in [0.25, 0.3) is 16.9 Å². The molecule has 0 fully saturated rings. The van der Waals surface area contributed by atoms with Crippen LogP contribution in [-0.2, 0) is 0 Å². The Morgan fingerprint density at radius 2 is 1.73 bits per heavy atom. The van der Waals surface area contributed by atoms with Gasteiger partial charge in [0.05, 0.1) is 22.8 Å². The number of ketones is 1. The first kappa shape index (κ1) is 25.6. The topological polar surface area (TPSA) is 118 Å². The lowest BCUT2D eigenvalue weighted by Crippen LogP contribution is -2.37. The molecule has 0 aliphatic carbocycles. The van der Waals surface area contributed by atoms with E-state index in [9.17, 15) is 24.5 Å². The molecule has 0 atom stereocenters. The molecule has 10 heteroatoms. The number of amides is 1. The van der Waals surface area contributed by atoms with Crippen molar-refractivity contribution in [2.24, 2.45) is 0 Å². The molecule has 4 aromatic rings. The van der Waals surface area contributed by atoms with Crippen LogP contribution >= 0.6 is 11.6 Å². The van der Waals surface area contributed by atoms with E-state index in [0.29, 0.717) is 28.4 Å². The van der Waals surface area contributed by atoms with Crippen LogP contribution in [-0.4, -0.2) is 44.4 Å². The molecule has 0 radical (unpaired) electrons. The molecular weight excluding hydrogens is 496 g/mol. The third kappa shape index (κ3) is 5.52. The van der Waals surface area contributed by atoms with Crippen LogP contribution in [0.3, 0.4) is 0 Å². The summed E-state index contributed by atoms with van der Waals surface area (Å²) in [4.78, 5) is 52.2. The summed E-state index contributed by atoms with van der Waals surface area (Å²) in [5.41, 5.74) is 0.651. The van der Waals surface area contributed by atoms with E-state index in [0.717, 1.165) is 0 Å². The zero-order valence-corrected chi connectivity index (χ0v) is 20.6. The number of nitro benzene ring substituents is 1. The van der Waals surface area contributed by atoms with Gasteiger partial charge < -0.3 is 4.90 Å². The highest BCUT2D eigenvalue weighted by atomic mass is 35.5. The fraction of sp³-hybridized carbons (Fsp3) is 0.148. The second-order valence-corrected chi connectivity index (χ2v) is 8.74. The molecule has 1 N–H and O–H groups in total. The highest BCUT2D eigenvalue weighted by Crippen LogP contribution is 2.23. The molecule has 0 aliphatic rings. The number of H-pyrrole nitrogens is 1. The van der Waals surface area contributed by atoms with Gasteiger partial charge in [0.2, 0.25) is 0 Å². The molecule has 4 rings (SSSR count). The second-order valence-electron chi connectivity index (χ2n) is 8.30. The summed E-state index contributed by atoms with van der Waals surface area (Å²) in [6.45, 7) is 1.70. The van der Waals surface area contributed by atoms with E-state index >= 15 is 0 Å². The third-order valence-electron chi connectivity index (χ3n) is 5.74. The van der Waals surface area contributed by atoms with E-state index in [1.165, 1.54) is 33.8 Å². The summed E-state index contributed by atoms with van der Waals surface area (Å²) in [5.74, 6) is -1.09. The van der Waals surface area contributed by atoms with Crippen molar-refractivity contribution in [1.82, 2.24) is 14.7 Å². The fourth-order valence-electron chi connectivity index (χ4n) is 3.99. The van der Waals surface area contributed by atoms with Gasteiger partial charge in [0.25, 0.3) is 17.2 Å². The van der Waals surface area contributed by atoms with Gasteiger partial charge in [0, 0.05) is 34.8 Å². The van der Waals surface area contributed by atoms with Crippen molar-refractivity contribution in [3.8, 4) is 16.9 Å². The quantitative estimate of drug-likeness (QED) is 0.187. The summed E-state index contributed by atoms with van der Waals surface area (Å²) < 4.78 is 1.26. The Labute approximate surface area is 217 Å². The molecule has 1 aromatic heterocycles. The predicted octanol–water partition coefficient (Wildman–Crippen LogP) is 5.13. The first-order valence-electron chi connectivity index (χ1n) is 11.5. The Kier molecular flexibility index (Phi) is 7.64. The van der Waals surface area contributed by atoms with Crippen LogP contribution in [0.1, 0.15) is 34.1 Å². The van der Waals surface area contributed by atoms with Crippen LogP contribution in [0.2, 0.25) is 5.02 Å². The molecule has 0 bridgehead atoms. The Balaban J connectivity index is 1.74. The molecule has 0 unspecified atom stereocenters. The molecule has 9 nitrogen and oxygen atoms in total. The Morgan fingerprint density at radius 3 is 2.38 bits per heavy atom. The number of Topliss-reactive ketones (excluding diaryl/α,β-unsaturated/α-hetero) is 1. The second kappa shape index (κ2) is 11.0. The summed E-state index contributed by atoms with van der Waals surface area (Å²) in [7, 11) is 0. The molecule has 37 heavy (non-hydrogen) atoms. The Hall–Kier alpha value is -4.50. The molecule has 0 aliphatic heterocycles. The van der Waals surface area contributed by atoms with E-state index in [1.807, 2.05) is 13.0 Å². The average Bonchev–Trinajstić information content (AvgIpc) is 3.26. The zero-order chi connectivity index (χ0) is 26.5. The molecule has 0 saturated heterocycles. The van der Waals surface area contributed by atoms with E-state index in [-0.39, 0.29) is 29.9 Å². The van der Waals surface area contributed by atoms with Crippen molar-refractivity contribution in [1.29, 1.82) is 0 Å². The molecular formula is C27H23ClN4O5. The fourth-order valence-corrected chi connectivity index (χ4v) is 4.12. The van der Waals surface area contributed by atoms with Gasteiger partial charge in [0.15, 0.2) is 5.78 Å². The smallest absolute Gasteiger partial charge is 0.282 e. The molecule has 1 amide bonds. The number of rotatable bonds is 9. The maximum atomic E-state index is 13.6. The number of non-ortho nitro benzene ring substituents is 1. The SMILES string of the molecule is CCCN(CC(=O)c1c(-c2ccccc2)[nH]n(-c2ccc(Cl)cc2)c1=O)C(=O)c1cccc([N+](=O)[O-])c1. The monoisotopic (exact) mass is 518 g/mol. The molecule has 1 heterocycles. The number of halogens is 1. The van der Waals surface area contributed by atoms with Crippen molar-refractivity contribution in [2.45, 2.75) is 13.3 Å². The number of nitrogens with zero attached hydrogens (tertiary/aromatic N) is 3. The van der Waals surface area contributed by atoms with Gasteiger partial charge in [-0.15, -0.1) is 0 Å². The van der Waals surface area contributed by atoms with E-state index in [4.69, 9.17) is 11.6 Å². The largest absolute Gasteiger partial charge is 0.331 e. The normalized spacial score (nSPS) is 10.8. The van der Waals surface area contributed by atoms with Crippen molar-refractivity contribution in [3.05, 3.63) is 115 Å². The van der Waals surface area contributed by atoms with Crippen LogP contribution in [0, 0.1) is 10.1 Å². The van der Waals surface area contributed by atoms with Crippen molar-refractivity contribution >= 4 is 29.0 Å². The van der Waals surface area contributed by atoms with Gasteiger partial charge in [-0.25, -0.2) is 4.68 Å². The number of carbonyl (C=O) groups is 2. The molecule has 3 aromatic carbocycles. The van der Waals surface area contributed by atoms with E-state index in [1.54, 1.807) is 48.5 Å². The van der Waals surface area contributed by atoms with Crippen molar-refractivity contribution in [2.75, 3.05) is 13.1 Å². The number of carbonyl (C=O) groups excluding carboxylic acids is 2. The standard InChI is InChI=1S/C27H23ClN4O5/c1-2-15-30(26(34)19-9-6-10-22(16-19)32(36)37)17-23(33)24-25(18-7-4-3-5-8-18)29-31(27(24)35)21-13-11-20(28)12-14-21/h3-14,16,29H,2,15,17H2,1H3. The summed E-state index contributed by atoms with van der Waals surface area (Å²) in [6.07, 6.45) is 0.543. The number of aromatic nitrogens is 2. The minimum absolute atomic E-state index is 0.0888. The van der Waals surface area contributed by atoms with Gasteiger partial charge in [0.1, 0.15) is 5.56 Å². The van der Waals surface area contributed by atoms with E-state index in [2.05, 4.69) is 5.10 Å². The lowest BCUT2D eigenvalue weighted by Gasteiger charge is -2.21. The van der Waals surface area contributed by atoms with Crippen LogP contribution in [0.4, 0.5) is 5.69 Å². The maximum Gasteiger partial charge on any atom is 0.282 e. The average molecular weight is 519 g/mol. The number of aromatic amines is 1. The number of nitrogens with one attached hydrogen (secondary N) is 1.